The zero-order valence-corrected chi connectivity index (χ0v) is 20.2. The van der Waals surface area contributed by atoms with Gasteiger partial charge >= 0.3 is 0 Å². The van der Waals surface area contributed by atoms with Crippen LogP contribution in [0, 0.1) is 11.8 Å². The van der Waals surface area contributed by atoms with Crippen LogP contribution in [-0.4, -0.2) is 23.9 Å². The molecular weight excluding hydrogens is 432 g/mol. The first kappa shape index (κ1) is 23.4. The molecule has 180 valence electrons. The van der Waals surface area contributed by atoms with Gasteiger partial charge in [0.2, 0.25) is 0 Å². The Bertz CT molecular complexity index is 1100. The summed E-state index contributed by atoms with van der Waals surface area (Å²) in [5.41, 5.74) is 6.29. The Morgan fingerprint density at radius 3 is 2.31 bits per heavy atom. The molecule has 4 nitrogen and oxygen atoms in total. The third-order valence-electron chi connectivity index (χ3n) is 7.32. The van der Waals surface area contributed by atoms with E-state index < -0.39 is 0 Å². The van der Waals surface area contributed by atoms with E-state index >= 15 is 0 Å². The minimum absolute atomic E-state index is 0.290. The number of carbonyl (C=O) groups is 1. The third-order valence-corrected chi connectivity index (χ3v) is 7.32. The van der Waals surface area contributed by atoms with Crippen molar-refractivity contribution in [1.82, 2.24) is 10.4 Å². The van der Waals surface area contributed by atoms with Crippen molar-refractivity contribution in [2.75, 3.05) is 13.1 Å². The van der Waals surface area contributed by atoms with E-state index in [1.807, 2.05) is 18.2 Å². The fraction of sp³-hybridized carbons (Fsp3) is 0.323. The monoisotopic (exact) mass is 466 g/mol. The predicted octanol–water partition coefficient (Wildman–Crippen LogP) is 6.22. The number of para-hydroxylation sites is 1. The average molecular weight is 467 g/mol. The van der Waals surface area contributed by atoms with Crippen molar-refractivity contribution < 1.29 is 9.63 Å². The normalized spacial score (nSPS) is 20.6. The number of hydrogen-bond acceptors (Lipinski definition) is 3. The number of amides is 1. The number of hydrogen-bond donors (Lipinski definition) is 1. The van der Waals surface area contributed by atoms with Crippen molar-refractivity contribution in [3.05, 3.63) is 108 Å². The summed E-state index contributed by atoms with van der Waals surface area (Å²) in [6, 6.07) is 28.7. The van der Waals surface area contributed by atoms with Crippen LogP contribution in [-0.2, 0) is 11.3 Å². The molecule has 0 aromatic heterocycles. The lowest BCUT2D eigenvalue weighted by atomic mass is 9.90. The number of piperidine rings is 1. The maximum atomic E-state index is 12.0. The zero-order valence-electron chi connectivity index (χ0n) is 20.2. The molecule has 35 heavy (non-hydrogen) atoms. The highest BCUT2D eigenvalue weighted by Gasteiger charge is 2.39. The van der Waals surface area contributed by atoms with Gasteiger partial charge in [-0.1, -0.05) is 72.8 Å². The molecule has 2 fully saturated rings. The Kier molecular flexibility index (Phi) is 7.59. The van der Waals surface area contributed by atoms with E-state index in [2.05, 4.69) is 65.0 Å². The van der Waals surface area contributed by atoms with Crippen LogP contribution in [0.5, 0.6) is 5.75 Å². The Morgan fingerprint density at radius 2 is 1.60 bits per heavy atom. The number of hydroxylamine groups is 1. The summed E-state index contributed by atoms with van der Waals surface area (Å²) in [5.74, 6) is 2.91. The molecule has 0 radical (unpaired) electrons. The van der Waals surface area contributed by atoms with E-state index in [1.165, 1.54) is 56.0 Å². The maximum Gasteiger partial charge on any atom is 0.276 e. The van der Waals surface area contributed by atoms with Gasteiger partial charge in [-0.05, 0) is 91.4 Å². The largest absolute Gasteiger partial charge is 0.379 e. The summed E-state index contributed by atoms with van der Waals surface area (Å²) in [6.45, 7) is 3.38. The van der Waals surface area contributed by atoms with Gasteiger partial charge in [-0.2, -0.15) is 5.48 Å². The number of carbonyl (C=O) groups excluding carboxylic acids is 1. The highest BCUT2D eigenvalue weighted by atomic mass is 16.7. The van der Waals surface area contributed by atoms with Gasteiger partial charge in [-0.15, -0.1) is 0 Å². The van der Waals surface area contributed by atoms with Crippen LogP contribution in [0.1, 0.15) is 48.3 Å². The summed E-state index contributed by atoms with van der Waals surface area (Å²) in [5, 5.41) is 0. The van der Waals surface area contributed by atoms with Crippen molar-refractivity contribution >= 4 is 12.0 Å². The summed E-state index contributed by atoms with van der Waals surface area (Å²) in [6.07, 6.45) is 8.72. The van der Waals surface area contributed by atoms with E-state index in [-0.39, 0.29) is 5.91 Å². The molecule has 3 aromatic rings. The molecule has 3 aromatic carbocycles. The summed E-state index contributed by atoms with van der Waals surface area (Å²) >= 11 is 0. The lowest BCUT2D eigenvalue weighted by Gasteiger charge is -2.32. The van der Waals surface area contributed by atoms with Gasteiger partial charge < -0.3 is 4.84 Å². The van der Waals surface area contributed by atoms with Crippen molar-refractivity contribution in [2.24, 2.45) is 11.8 Å². The fourth-order valence-electron chi connectivity index (χ4n) is 5.22. The topological polar surface area (TPSA) is 41.6 Å². The molecule has 1 N–H and O–H groups in total. The van der Waals surface area contributed by atoms with Crippen molar-refractivity contribution in [2.45, 2.75) is 38.1 Å². The Hall–Kier alpha value is -3.37. The number of likely N-dealkylation sites (tertiary alicyclic amines) is 1. The van der Waals surface area contributed by atoms with E-state index in [0.717, 1.165) is 29.9 Å². The third kappa shape index (κ3) is 6.83. The Labute approximate surface area is 208 Å². The first-order chi connectivity index (χ1) is 17.2. The highest BCUT2D eigenvalue weighted by Crippen LogP contribution is 2.51. The molecule has 0 spiro atoms. The molecule has 2 atom stereocenters. The molecule has 1 saturated heterocycles. The molecule has 0 unspecified atom stereocenters. The molecule has 0 bridgehead atoms. The molecule has 2 aliphatic rings. The highest BCUT2D eigenvalue weighted by molar-refractivity contribution is 5.91. The molecule has 4 heteroatoms. The van der Waals surface area contributed by atoms with Crippen molar-refractivity contribution in [3.63, 3.8) is 0 Å². The van der Waals surface area contributed by atoms with E-state index in [1.54, 1.807) is 18.2 Å². The molecule has 1 aliphatic heterocycles. The van der Waals surface area contributed by atoms with E-state index in [4.69, 9.17) is 4.84 Å². The van der Waals surface area contributed by atoms with Gasteiger partial charge in [-0.25, -0.2) is 0 Å². The van der Waals surface area contributed by atoms with Crippen molar-refractivity contribution in [3.8, 4) is 5.75 Å². The second-order valence-electron chi connectivity index (χ2n) is 9.92. The molecule has 1 heterocycles. The zero-order chi connectivity index (χ0) is 23.9. The lowest BCUT2D eigenvalue weighted by Crippen LogP contribution is -2.33. The number of nitrogens with zero attached hydrogens (tertiary/aromatic N) is 1. The predicted molar refractivity (Wildman–Crippen MR) is 141 cm³/mol. The molecule has 1 amide bonds. The quantitative estimate of drug-likeness (QED) is 0.301. The average Bonchev–Trinajstić information content (AvgIpc) is 3.68. The fourth-order valence-corrected chi connectivity index (χ4v) is 5.22. The second kappa shape index (κ2) is 11.4. The van der Waals surface area contributed by atoms with Crippen LogP contribution >= 0.6 is 0 Å². The number of nitrogens with one attached hydrogen (secondary N) is 1. The van der Waals surface area contributed by atoms with Crippen LogP contribution < -0.4 is 10.3 Å². The van der Waals surface area contributed by atoms with Crippen LogP contribution in [0.4, 0.5) is 0 Å². The van der Waals surface area contributed by atoms with Crippen LogP contribution in [0.25, 0.3) is 6.08 Å². The molecular formula is C31H34N2O2. The first-order valence-electron chi connectivity index (χ1n) is 12.8. The Balaban J connectivity index is 1.01. The summed E-state index contributed by atoms with van der Waals surface area (Å²) < 4.78 is 0. The lowest BCUT2D eigenvalue weighted by molar-refractivity contribution is -0.122. The molecule has 5 rings (SSSR count). The maximum absolute atomic E-state index is 12.0. The smallest absolute Gasteiger partial charge is 0.276 e. The van der Waals surface area contributed by atoms with Crippen LogP contribution in [0.2, 0.25) is 0 Å². The SMILES string of the molecule is O=C(/C=C/c1ccc(CN2CCC(C[C@@H]3C[C@H]3c3ccccc3)CC2)cc1)NOc1ccccc1. The number of benzene rings is 3. The number of rotatable bonds is 9. The summed E-state index contributed by atoms with van der Waals surface area (Å²) in [7, 11) is 0. The van der Waals surface area contributed by atoms with Gasteiger partial charge in [-0.3, -0.25) is 9.69 Å². The molecule has 1 saturated carbocycles. The standard InChI is InChI=1S/C31H34N2O2/c34-31(32-35-29-9-5-2-6-10-29)16-15-24-11-13-26(14-12-24)23-33-19-17-25(18-20-33)21-28-22-30(28)27-7-3-1-4-8-27/h1-16,25,28,30H,17-23H2,(H,32,34)/b16-15+/t28-,30+/m1/s1. The first-order valence-corrected chi connectivity index (χ1v) is 12.8. The van der Waals surface area contributed by atoms with E-state index in [9.17, 15) is 4.79 Å². The van der Waals surface area contributed by atoms with Gasteiger partial charge in [0.15, 0.2) is 5.75 Å². The second-order valence-corrected chi connectivity index (χ2v) is 9.92. The van der Waals surface area contributed by atoms with Crippen LogP contribution in [0.15, 0.2) is 91.0 Å². The van der Waals surface area contributed by atoms with Gasteiger partial charge in [0.05, 0.1) is 0 Å². The summed E-state index contributed by atoms with van der Waals surface area (Å²) in [4.78, 5) is 19.8. The minimum atomic E-state index is -0.290. The minimum Gasteiger partial charge on any atom is -0.379 e. The Morgan fingerprint density at radius 1 is 0.914 bits per heavy atom. The van der Waals surface area contributed by atoms with E-state index in [0.29, 0.717) is 5.75 Å². The molecule has 1 aliphatic carbocycles. The van der Waals surface area contributed by atoms with Gasteiger partial charge in [0, 0.05) is 12.6 Å². The van der Waals surface area contributed by atoms with Gasteiger partial charge in [0.1, 0.15) is 0 Å². The van der Waals surface area contributed by atoms with Crippen molar-refractivity contribution in [1.29, 1.82) is 0 Å². The van der Waals surface area contributed by atoms with Crippen LogP contribution in [0.3, 0.4) is 0 Å². The van der Waals surface area contributed by atoms with Gasteiger partial charge in [0.25, 0.3) is 5.91 Å².